The number of sulfone groups is 2. The maximum atomic E-state index is 14.1. The molecule has 6 rings (SSSR count). The van der Waals surface area contributed by atoms with Crippen LogP contribution in [0.15, 0.2) is 48.6 Å². The number of piperidine rings is 2. The molecule has 0 radical (unpaired) electrons. The van der Waals surface area contributed by atoms with Crippen molar-refractivity contribution in [1.82, 2.24) is 10.6 Å². The largest absolute Gasteiger partial charge is 0.490 e. The summed E-state index contributed by atoms with van der Waals surface area (Å²) in [6.07, 6.45) is 14.7. The lowest BCUT2D eigenvalue weighted by Crippen LogP contribution is -2.40. The predicted octanol–water partition coefficient (Wildman–Crippen LogP) is 8.05. The number of amides is 4. The van der Waals surface area contributed by atoms with Gasteiger partial charge in [-0.25, -0.2) is 25.6 Å². The van der Waals surface area contributed by atoms with Gasteiger partial charge in [0.2, 0.25) is 23.6 Å². The minimum absolute atomic E-state index is 0.00181. The van der Waals surface area contributed by atoms with Crippen molar-refractivity contribution in [2.24, 2.45) is 23.7 Å². The third-order valence-electron chi connectivity index (χ3n) is 12.5. The minimum atomic E-state index is -3.31. The van der Waals surface area contributed by atoms with Gasteiger partial charge >= 0.3 is 0 Å². The Hall–Kier alpha value is -4.18. The monoisotopic (exact) mass is 932 g/mol. The number of imide groups is 2. The molecule has 354 valence electrons. The first-order valence-corrected chi connectivity index (χ1v) is 26.8. The fraction of sp³-hybridized carbons (Fsp3) is 0.625. The van der Waals surface area contributed by atoms with Gasteiger partial charge in [-0.15, -0.1) is 0 Å². The van der Waals surface area contributed by atoms with Gasteiger partial charge in [0.05, 0.1) is 36.2 Å². The number of unbranched alkanes of at least 4 members (excludes halogenated alkanes) is 2. The predicted molar refractivity (Wildman–Crippen MR) is 241 cm³/mol. The summed E-state index contributed by atoms with van der Waals surface area (Å²) in [7, 11) is -6.57. The summed E-state index contributed by atoms with van der Waals surface area (Å²) in [4.78, 5) is 45.9. The topological polar surface area (TPSA) is 179 Å². The second-order valence-corrected chi connectivity index (χ2v) is 22.4. The van der Waals surface area contributed by atoms with E-state index >= 15 is 0 Å². The molecule has 2 saturated carbocycles. The Labute approximate surface area is 377 Å². The lowest BCUT2D eigenvalue weighted by molar-refractivity contribution is -0.138. The van der Waals surface area contributed by atoms with E-state index in [0.29, 0.717) is 89.3 Å². The molecule has 2 saturated heterocycles. The SMILES string of the molecule is CC[C@@H](CS(=O)(=O)CC/C=C/CC1CCC(=O)NC1=O)c1ccc(F)c(OCC2CC2)c1.CC[C@@H](CS(=O)(=O)CCCCCC1CCC(=O)NC1=O)c1ccc(F)c(OCC2CC2)c1. The highest BCUT2D eigenvalue weighted by molar-refractivity contribution is 7.91. The Balaban J connectivity index is 0.000000241. The van der Waals surface area contributed by atoms with Crippen molar-refractivity contribution in [3.05, 3.63) is 71.3 Å². The molecular weight excluding hydrogens is 867 g/mol. The van der Waals surface area contributed by atoms with E-state index in [1.165, 1.54) is 12.1 Å². The van der Waals surface area contributed by atoms with E-state index in [1.54, 1.807) is 30.3 Å². The fourth-order valence-electron chi connectivity index (χ4n) is 7.93. The van der Waals surface area contributed by atoms with E-state index in [1.807, 2.05) is 19.9 Å². The van der Waals surface area contributed by atoms with Gasteiger partial charge in [0.1, 0.15) is 0 Å². The van der Waals surface area contributed by atoms with Crippen LogP contribution in [0.4, 0.5) is 8.78 Å². The molecule has 2 unspecified atom stereocenters. The number of hydrogen-bond donors (Lipinski definition) is 2. The molecule has 2 aliphatic heterocycles. The number of ether oxygens (including phenoxy) is 2. The lowest BCUT2D eigenvalue weighted by Gasteiger charge is -2.20. The van der Waals surface area contributed by atoms with E-state index in [9.17, 15) is 44.8 Å². The summed E-state index contributed by atoms with van der Waals surface area (Å²) in [6.45, 7) is 4.87. The number of nitrogens with one attached hydrogen (secondary N) is 2. The highest BCUT2D eigenvalue weighted by atomic mass is 32.2. The first-order valence-electron chi connectivity index (χ1n) is 23.1. The average Bonchev–Trinajstić information content (AvgIpc) is 4.20. The molecule has 16 heteroatoms. The molecule has 0 aromatic heterocycles. The van der Waals surface area contributed by atoms with Crippen molar-refractivity contribution in [2.75, 3.05) is 36.2 Å². The van der Waals surface area contributed by atoms with Gasteiger partial charge in [-0.2, -0.15) is 0 Å². The van der Waals surface area contributed by atoms with Crippen molar-refractivity contribution in [3.8, 4) is 11.5 Å². The molecule has 64 heavy (non-hydrogen) atoms. The Morgan fingerprint density at radius 3 is 1.59 bits per heavy atom. The number of halogens is 2. The average molecular weight is 933 g/mol. The van der Waals surface area contributed by atoms with Gasteiger partial charge in [-0.3, -0.25) is 29.8 Å². The number of allylic oxidation sites excluding steroid dienone is 2. The van der Waals surface area contributed by atoms with Crippen molar-refractivity contribution in [2.45, 2.75) is 128 Å². The summed E-state index contributed by atoms with van der Waals surface area (Å²) < 4.78 is 90.1. The third kappa shape index (κ3) is 17.3. The van der Waals surface area contributed by atoms with Crippen LogP contribution in [-0.2, 0) is 38.9 Å². The van der Waals surface area contributed by atoms with Crippen LogP contribution in [0.2, 0.25) is 0 Å². The van der Waals surface area contributed by atoms with Crippen LogP contribution in [0.3, 0.4) is 0 Å². The molecule has 0 bridgehead atoms. The number of benzene rings is 2. The summed E-state index contributed by atoms with van der Waals surface area (Å²) in [5.41, 5.74) is 1.57. The highest BCUT2D eigenvalue weighted by Gasteiger charge is 2.28. The van der Waals surface area contributed by atoms with Crippen LogP contribution in [-0.4, -0.2) is 76.7 Å². The normalized spacial score (nSPS) is 20.2. The Morgan fingerprint density at radius 2 is 1.12 bits per heavy atom. The third-order valence-corrected chi connectivity index (χ3v) is 16.1. The summed E-state index contributed by atoms with van der Waals surface area (Å²) in [6, 6.07) is 9.31. The maximum absolute atomic E-state index is 14.1. The van der Waals surface area contributed by atoms with E-state index in [0.717, 1.165) is 49.7 Å². The van der Waals surface area contributed by atoms with Gasteiger partial charge < -0.3 is 9.47 Å². The first kappa shape index (κ1) is 50.8. The molecule has 2 aromatic carbocycles. The first-order chi connectivity index (χ1) is 30.5. The Morgan fingerprint density at radius 1 is 0.641 bits per heavy atom. The molecule has 2 N–H and O–H groups in total. The molecule has 2 aliphatic carbocycles. The molecule has 2 heterocycles. The zero-order valence-electron chi connectivity index (χ0n) is 37.3. The fourth-order valence-corrected chi connectivity index (χ4v) is 11.5. The summed E-state index contributed by atoms with van der Waals surface area (Å²) in [5, 5.41) is 4.68. The van der Waals surface area contributed by atoms with Crippen molar-refractivity contribution >= 4 is 43.3 Å². The summed E-state index contributed by atoms with van der Waals surface area (Å²) >= 11 is 0. The van der Waals surface area contributed by atoms with Gasteiger partial charge in [0, 0.05) is 24.7 Å². The second-order valence-electron chi connectivity index (χ2n) is 18.0. The van der Waals surface area contributed by atoms with Crippen LogP contribution < -0.4 is 20.1 Å². The van der Waals surface area contributed by atoms with E-state index in [-0.39, 0.29) is 81.8 Å². The van der Waals surface area contributed by atoms with Crippen molar-refractivity contribution in [1.29, 1.82) is 0 Å². The number of carbonyl (C=O) groups is 4. The molecule has 4 atom stereocenters. The van der Waals surface area contributed by atoms with E-state index in [2.05, 4.69) is 10.6 Å². The Bertz CT molecular complexity index is 2170. The Kier molecular flexibility index (Phi) is 19.4. The van der Waals surface area contributed by atoms with Crippen LogP contribution in [0, 0.1) is 35.3 Å². The molecule has 2 aromatic rings. The van der Waals surface area contributed by atoms with Gasteiger partial charge in [0.15, 0.2) is 42.8 Å². The van der Waals surface area contributed by atoms with Crippen LogP contribution in [0.5, 0.6) is 11.5 Å². The second kappa shape index (κ2) is 24.4. The molecule has 4 fully saturated rings. The quantitative estimate of drug-likeness (QED) is 0.0562. The molecular formula is C48H66F2N2O10S2. The molecule has 4 aliphatic rings. The number of rotatable bonds is 25. The lowest BCUT2D eigenvalue weighted by atomic mass is 9.92. The van der Waals surface area contributed by atoms with E-state index in [4.69, 9.17) is 9.47 Å². The van der Waals surface area contributed by atoms with E-state index < -0.39 is 31.3 Å². The molecule has 0 spiro atoms. The maximum Gasteiger partial charge on any atom is 0.229 e. The molecule has 12 nitrogen and oxygen atoms in total. The zero-order valence-corrected chi connectivity index (χ0v) is 38.9. The van der Waals surface area contributed by atoms with Crippen LogP contribution in [0.25, 0.3) is 0 Å². The van der Waals surface area contributed by atoms with Crippen molar-refractivity contribution in [3.63, 3.8) is 0 Å². The molecule has 4 amide bonds. The van der Waals surface area contributed by atoms with Gasteiger partial charge in [0.25, 0.3) is 0 Å². The highest BCUT2D eigenvalue weighted by Crippen LogP contribution is 2.34. The minimum Gasteiger partial charge on any atom is -0.490 e. The summed E-state index contributed by atoms with van der Waals surface area (Å²) in [5.74, 6) is -1.01. The number of carbonyl (C=O) groups excluding carboxylic acids is 4. The van der Waals surface area contributed by atoms with Crippen LogP contribution >= 0.6 is 0 Å². The van der Waals surface area contributed by atoms with Gasteiger partial charge in [-0.1, -0.05) is 51.0 Å². The van der Waals surface area contributed by atoms with Gasteiger partial charge in [-0.05, 0) is 136 Å². The number of hydrogen-bond acceptors (Lipinski definition) is 10. The standard InChI is InChI=1S/C24H34FNO5S.C24H32FNO5S/c2*1-2-18(20-9-11-21(25)22(14-20)31-15-17-7-8-17)16-32(29,30)13-5-3-4-6-19-10-12-23(27)26-24(19)28/h9,11,14,17-19H,2-8,10,12-13,15-16H2,1H3,(H,26,27,28);3-4,9,11,14,17-19H,2,5-8,10,12-13,15-16H2,1H3,(H,26,27,28)/b;4-3+/t2*18-,19?/m00/s1. The smallest absolute Gasteiger partial charge is 0.229 e. The van der Waals surface area contributed by atoms with Crippen LogP contribution in [0.1, 0.15) is 140 Å². The van der Waals surface area contributed by atoms with Crippen molar-refractivity contribution < 1.29 is 54.3 Å². The zero-order chi connectivity index (χ0) is 46.3.